The zero-order chi connectivity index (χ0) is 12.2. The number of nitrogen functional groups attached to an aromatic ring is 1. The van der Waals surface area contributed by atoms with Crippen molar-refractivity contribution in [2.45, 2.75) is 6.42 Å². The van der Waals surface area contributed by atoms with Gasteiger partial charge >= 0.3 is 0 Å². The number of hydrogen-bond acceptors (Lipinski definition) is 5. The van der Waals surface area contributed by atoms with Crippen LogP contribution >= 0.6 is 11.6 Å². The molecule has 1 aromatic rings. The summed E-state index contributed by atoms with van der Waals surface area (Å²) in [5, 5.41) is 3.43. The lowest BCUT2D eigenvalue weighted by Crippen LogP contribution is -2.11. The number of aromatic nitrogens is 1. The number of hydrogen-bond donors (Lipinski definition) is 2. The predicted octanol–water partition coefficient (Wildman–Crippen LogP) is 1.16. The third-order valence-corrected chi connectivity index (χ3v) is 3.11. The van der Waals surface area contributed by atoms with E-state index in [2.05, 4.69) is 10.3 Å². The first-order valence-electron chi connectivity index (χ1n) is 4.71. The first kappa shape index (κ1) is 13.1. The largest absolute Gasteiger partial charge is 0.396 e. The third-order valence-electron chi connectivity index (χ3n) is 1.87. The second kappa shape index (κ2) is 5.36. The molecule has 0 saturated heterocycles. The summed E-state index contributed by atoms with van der Waals surface area (Å²) >= 11 is 5.69. The van der Waals surface area contributed by atoms with Gasteiger partial charge in [-0.05, 0) is 12.5 Å². The number of nitrogens with two attached hydrogens (primary N) is 1. The van der Waals surface area contributed by atoms with E-state index in [0.29, 0.717) is 29.5 Å². The fourth-order valence-electron chi connectivity index (χ4n) is 1.14. The molecule has 0 fully saturated rings. The summed E-state index contributed by atoms with van der Waals surface area (Å²) in [5.41, 5.74) is 6.11. The van der Waals surface area contributed by atoms with E-state index in [1.165, 1.54) is 12.5 Å². The highest BCUT2D eigenvalue weighted by Crippen LogP contribution is 2.18. The summed E-state index contributed by atoms with van der Waals surface area (Å²) in [6, 6.07) is 1.59. The van der Waals surface area contributed by atoms with Gasteiger partial charge in [-0.15, -0.1) is 0 Å². The van der Waals surface area contributed by atoms with Gasteiger partial charge in [0.05, 0.1) is 16.5 Å². The molecule has 1 heterocycles. The summed E-state index contributed by atoms with van der Waals surface area (Å²) in [4.78, 5) is 3.99. The highest BCUT2D eigenvalue weighted by atomic mass is 35.5. The molecule has 0 saturated carbocycles. The Labute approximate surface area is 99.9 Å². The first-order chi connectivity index (χ1) is 7.38. The zero-order valence-electron chi connectivity index (χ0n) is 8.90. The quantitative estimate of drug-likeness (QED) is 0.779. The standard InChI is InChI=1S/C9H14ClN3O2S/c1-16(14,15)4-2-3-12-9-8(11)5-7(10)6-13-9/h5-6H,2-4,11H2,1H3,(H,12,13). The van der Waals surface area contributed by atoms with Crippen LogP contribution in [-0.4, -0.2) is 32.0 Å². The second-order valence-electron chi connectivity index (χ2n) is 3.50. The lowest BCUT2D eigenvalue weighted by molar-refractivity contribution is 0.600. The topological polar surface area (TPSA) is 85.1 Å². The maximum absolute atomic E-state index is 10.9. The number of rotatable bonds is 5. The Morgan fingerprint density at radius 1 is 1.56 bits per heavy atom. The van der Waals surface area contributed by atoms with Crippen LogP contribution in [0.15, 0.2) is 12.3 Å². The SMILES string of the molecule is CS(=O)(=O)CCCNc1ncc(Cl)cc1N. The Hall–Kier alpha value is -1.01. The molecule has 0 aliphatic heterocycles. The van der Waals surface area contributed by atoms with Crippen molar-refractivity contribution in [3.63, 3.8) is 0 Å². The van der Waals surface area contributed by atoms with Crippen LogP contribution in [0.2, 0.25) is 5.02 Å². The van der Waals surface area contributed by atoms with Gasteiger partial charge in [-0.2, -0.15) is 0 Å². The lowest BCUT2D eigenvalue weighted by atomic mass is 10.4. The van der Waals surface area contributed by atoms with E-state index in [1.807, 2.05) is 0 Å². The summed E-state index contributed by atoms with van der Waals surface area (Å²) in [5.74, 6) is 0.672. The number of halogens is 1. The highest BCUT2D eigenvalue weighted by molar-refractivity contribution is 7.90. The number of sulfone groups is 1. The van der Waals surface area contributed by atoms with Crippen molar-refractivity contribution in [1.29, 1.82) is 0 Å². The van der Waals surface area contributed by atoms with Crippen LogP contribution in [0.1, 0.15) is 6.42 Å². The molecule has 0 bridgehead atoms. The number of anilines is 2. The van der Waals surface area contributed by atoms with E-state index < -0.39 is 9.84 Å². The molecule has 1 aromatic heterocycles. The second-order valence-corrected chi connectivity index (χ2v) is 6.20. The van der Waals surface area contributed by atoms with Gasteiger partial charge in [0.1, 0.15) is 15.7 Å². The van der Waals surface area contributed by atoms with Crippen LogP contribution in [0.4, 0.5) is 11.5 Å². The molecule has 16 heavy (non-hydrogen) atoms. The average molecular weight is 264 g/mol. The van der Waals surface area contributed by atoms with Crippen molar-refractivity contribution in [3.8, 4) is 0 Å². The van der Waals surface area contributed by atoms with Crippen molar-refractivity contribution < 1.29 is 8.42 Å². The molecular weight excluding hydrogens is 250 g/mol. The zero-order valence-corrected chi connectivity index (χ0v) is 10.5. The fraction of sp³-hybridized carbons (Fsp3) is 0.444. The Balaban J connectivity index is 2.43. The average Bonchev–Trinajstić information content (AvgIpc) is 2.13. The minimum absolute atomic E-state index is 0.146. The Morgan fingerprint density at radius 3 is 2.81 bits per heavy atom. The van der Waals surface area contributed by atoms with Crippen LogP contribution < -0.4 is 11.1 Å². The number of nitrogens with zero attached hydrogens (tertiary/aromatic N) is 1. The lowest BCUT2D eigenvalue weighted by Gasteiger charge is -2.07. The molecule has 0 radical (unpaired) electrons. The molecule has 0 amide bonds. The molecular formula is C9H14ClN3O2S. The summed E-state index contributed by atoms with van der Waals surface area (Å²) in [6.45, 7) is 0.506. The van der Waals surface area contributed by atoms with Gasteiger partial charge in [0.25, 0.3) is 0 Å². The monoisotopic (exact) mass is 263 g/mol. The Morgan fingerprint density at radius 2 is 2.25 bits per heavy atom. The molecule has 7 heteroatoms. The minimum Gasteiger partial charge on any atom is -0.396 e. The molecule has 5 nitrogen and oxygen atoms in total. The number of pyridine rings is 1. The van der Waals surface area contributed by atoms with E-state index in [1.54, 1.807) is 6.07 Å². The first-order valence-corrected chi connectivity index (χ1v) is 7.15. The van der Waals surface area contributed by atoms with Gasteiger partial charge in [0.15, 0.2) is 0 Å². The molecule has 90 valence electrons. The fourth-order valence-corrected chi connectivity index (χ4v) is 1.98. The Kier molecular flexibility index (Phi) is 4.37. The van der Waals surface area contributed by atoms with Crippen molar-refractivity contribution >= 4 is 32.9 Å². The van der Waals surface area contributed by atoms with Crippen LogP contribution in [0, 0.1) is 0 Å². The van der Waals surface area contributed by atoms with Gasteiger partial charge in [-0.25, -0.2) is 13.4 Å². The molecule has 0 aliphatic carbocycles. The molecule has 0 atom stereocenters. The van der Waals surface area contributed by atoms with Gasteiger partial charge in [-0.3, -0.25) is 0 Å². The number of nitrogens with one attached hydrogen (secondary N) is 1. The molecule has 0 aromatic carbocycles. The van der Waals surface area contributed by atoms with E-state index in [0.717, 1.165) is 0 Å². The minimum atomic E-state index is -2.91. The smallest absolute Gasteiger partial charge is 0.149 e. The molecule has 0 aliphatic rings. The third kappa shape index (κ3) is 4.67. The van der Waals surface area contributed by atoms with Gasteiger partial charge < -0.3 is 11.1 Å². The van der Waals surface area contributed by atoms with E-state index in [9.17, 15) is 8.42 Å². The van der Waals surface area contributed by atoms with Crippen LogP contribution in [-0.2, 0) is 9.84 Å². The van der Waals surface area contributed by atoms with Crippen molar-refractivity contribution in [2.24, 2.45) is 0 Å². The van der Waals surface area contributed by atoms with Crippen LogP contribution in [0.25, 0.3) is 0 Å². The van der Waals surface area contributed by atoms with Gasteiger partial charge in [-0.1, -0.05) is 11.6 Å². The van der Waals surface area contributed by atoms with Crippen LogP contribution in [0.3, 0.4) is 0 Å². The van der Waals surface area contributed by atoms with Crippen LogP contribution in [0.5, 0.6) is 0 Å². The molecule has 3 N–H and O–H groups in total. The Bertz CT molecular complexity index is 462. The maximum atomic E-state index is 10.9. The normalized spacial score (nSPS) is 11.4. The highest BCUT2D eigenvalue weighted by Gasteiger charge is 2.03. The molecule has 0 unspecified atom stereocenters. The van der Waals surface area contributed by atoms with Crippen molar-refractivity contribution in [2.75, 3.05) is 29.6 Å². The van der Waals surface area contributed by atoms with E-state index in [-0.39, 0.29) is 5.75 Å². The summed E-state index contributed by atoms with van der Waals surface area (Å²) in [6.07, 6.45) is 3.21. The van der Waals surface area contributed by atoms with Gasteiger partial charge in [0.2, 0.25) is 0 Å². The van der Waals surface area contributed by atoms with Crippen molar-refractivity contribution in [3.05, 3.63) is 17.3 Å². The maximum Gasteiger partial charge on any atom is 0.149 e. The van der Waals surface area contributed by atoms with Crippen molar-refractivity contribution in [1.82, 2.24) is 4.98 Å². The molecule has 0 spiro atoms. The van der Waals surface area contributed by atoms with Gasteiger partial charge in [0, 0.05) is 19.0 Å². The van der Waals surface area contributed by atoms with E-state index >= 15 is 0 Å². The van der Waals surface area contributed by atoms with E-state index in [4.69, 9.17) is 17.3 Å². The summed E-state index contributed by atoms with van der Waals surface area (Å²) in [7, 11) is -2.91. The predicted molar refractivity (Wildman–Crippen MR) is 66.5 cm³/mol. The summed E-state index contributed by atoms with van der Waals surface area (Å²) < 4.78 is 21.7. The molecule has 1 rings (SSSR count).